The number of benzene rings is 1. The van der Waals surface area contributed by atoms with Crippen LogP contribution in [0.1, 0.15) is 22.8 Å². The van der Waals surface area contributed by atoms with Gasteiger partial charge in [0.1, 0.15) is 17.1 Å². The van der Waals surface area contributed by atoms with E-state index in [9.17, 15) is 14.4 Å². The van der Waals surface area contributed by atoms with Crippen molar-refractivity contribution in [3.63, 3.8) is 0 Å². The fourth-order valence-corrected chi connectivity index (χ4v) is 3.72. The number of nitrogens with one attached hydrogen (secondary N) is 1. The highest BCUT2D eigenvalue weighted by Crippen LogP contribution is 2.36. The SMILES string of the molecule is CCOC(=O)c1c(-c2ccccc2)csc1NC(=O)Cn1ccc(C)cc1=O. The zero-order valence-corrected chi connectivity index (χ0v) is 16.4. The first-order valence-corrected chi connectivity index (χ1v) is 9.68. The Bertz CT molecular complexity index is 1050. The van der Waals surface area contributed by atoms with Crippen LogP contribution in [0.25, 0.3) is 11.1 Å². The molecular weight excluding hydrogens is 376 g/mol. The van der Waals surface area contributed by atoms with Crippen molar-refractivity contribution in [2.24, 2.45) is 0 Å². The maximum Gasteiger partial charge on any atom is 0.341 e. The Morgan fingerprint density at radius 2 is 1.93 bits per heavy atom. The molecule has 1 amide bonds. The number of anilines is 1. The third-order valence-electron chi connectivity index (χ3n) is 4.07. The van der Waals surface area contributed by atoms with Crippen molar-refractivity contribution in [2.45, 2.75) is 20.4 Å². The Balaban J connectivity index is 1.88. The Labute approximate surface area is 166 Å². The van der Waals surface area contributed by atoms with Gasteiger partial charge in [-0.25, -0.2) is 4.79 Å². The summed E-state index contributed by atoms with van der Waals surface area (Å²) in [6, 6.07) is 12.7. The van der Waals surface area contributed by atoms with Crippen molar-refractivity contribution in [2.75, 3.05) is 11.9 Å². The number of hydrogen-bond donors (Lipinski definition) is 1. The van der Waals surface area contributed by atoms with E-state index in [1.54, 1.807) is 19.2 Å². The fourth-order valence-electron chi connectivity index (χ4n) is 2.74. The monoisotopic (exact) mass is 396 g/mol. The number of rotatable bonds is 6. The zero-order valence-electron chi connectivity index (χ0n) is 15.6. The van der Waals surface area contributed by atoms with Crippen LogP contribution in [-0.4, -0.2) is 23.1 Å². The second-order valence-electron chi connectivity index (χ2n) is 6.16. The molecule has 0 unspecified atom stereocenters. The number of aromatic nitrogens is 1. The Morgan fingerprint density at radius 3 is 2.61 bits per heavy atom. The van der Waals surface area contributed by atoms with E-state index in [2.05, 4.69) is 5.32 Å². The van der Waals surface area contributed by atoms with E-state index in [4.69, 9.17) is 4.74 Å². The maximum absolute atomic E-state index is 12.5. The predicted octanol–water partition coefficient (Wildman–Crippen LogP) is 3.70. The molecule has 0 saturated heterocycles. The Kier molecular flexibility index (Phi) is 6.06. The summed E-state index contributed by atoms with van der Waals surface area (Å²) in [5.74, 6) is -0.886. The normalized spacial score (nSPS) is 10.5. The molecule has 2 aromatic heterocycles. The van der Waals surface area contributed by atoms with Gasteiger partial charge in [0, 0.05) is 23.2 Å². The highest BCUT2D eigenvalue weighted by Gasteiger charge is 2.22. The predicted molar refractivity (Wildman–Crippen MR) is 110 cm³/mol. The van der Waals surface area contributed by atoms with Gasteiger partial charge in [-0.3, -0.25) is 9.59 Å². The van der Waals surface area contributed by atoms with E-state index in [1.807, 2.05) is 42.6 Å². The second kappa shape index (κ2) is 8.67. The lowest BCUT2D eigenvalue weighted by Gasteiger charge is -2.10. The van der Waals surface area contributed by atoms with Gasteiger partial charge in [0.05, 0.1) is 6.61 Å². The summed E-state index contributed by atoms with van der Waals surface area (Å²) in [6.45, 7) is 3.64. The van der Waals surface area contributed by atoms with E-state index in [1.165, 1.54) is 22.0 Å². The molecule has 0 spiro atoms. The molecule has 0 radical (unpaired) electrons. The van der Waals surface area contributed by atoms with Gasteiger partial charge in [0.15, 0.2) is 0 Å². The molecule has 1 aromatic carbocycles. The lowest BCUT2D eigenvalue weighted by Crippen LogP contribution is -2.27. The van der Waals surface area contributed by atoms with Crippen molar-refractivity contribution in [1.29, 1.82) is 0 Å². The molecular formula is C21H20N2O4S. The topological polar surface area (TPSA) is 77.4 Å². The van der Waals surface area contributed by atoms with Crippen molar-refractivity contribution in [3.8, 4) is 11.1 Å². The smallest absolute Gasteiger partial charge is 0.341 e. The summed E-state index contributed by atoms with van der Waals surface area (Å²) >= 11 is 1.25. The molecule has 0 aliphatic rings. The minimum atomic E-state index is -0.495. The summed E-state index contributed by atoms with van der Waals surface area (Å²) in [6.07, 6.45) is 1.58. The number of aryl methyl sites for hydroxylation is 1. The third-order valence-corrected chi connectivity index (χ3v) is 4.97. The average Bonchev–Trinajstić information content (AvgIpc) is 3.08. The number of carbonyl (C=O) groups excluding carboxylic acids is 2. The van der Waals surface area contributed by atoms with Gasteiger partial charge in [-0.2, -0.15) is 0 Å². The van der Waals surface area contributed by atoms with Crippen LogP contribution in [-0.2, 0) is 16.1 Å². The van der Waals surface area contributed by atoms with E-state index < -0.39 is 11.9 Å². The van der Waals surface area contributed by atoms with Gasteiger partial charge in [-0.05, 0) is 31.0 Å². The van der Waals surface area contributed by atoms with Crippen molar-refractivity contribution in [1.82, 2.24) is 4.57 Å². The molecule has 0 fully saturated rings. The number of esters is 1. The highest BCUT2D eigenvalue weighted by atomic mass is 32.1. The summed E-state index contributed by atoms with van der Waals surface area (Å²) in [5, 5.41) is 4.97. The quantitative estimate of drug-likeness (QED) is 0.645. The summed E-state index contributed by atoms with van der Waals surface area (Å²) in [7, 11) is 0. The van der Waals surface area contributed by atoms with E-state index in [0.717, 1.165) is 11.1 Å². The molecule has 6 nitrogen and oxygen atoms in total. The van der Waals surface area contributed by atoms with Crippen LogP contribution in [0.5, 0.6) is 0 Å². The molecule has 144 valence electrons. The van der Waals surface area contributed by atoms with Crippen LogP contribution in [0, 0.1) is 6.92 Å². The summed E-state index contributed by atoms with van der Waals surface area (Å²) in [4.78, 5) is 37.0. The largest absolute Gasteiger partial charge is 0.462 e. The number of carbonyl (C=O) groups is 2. The Hall–Kier alpha value is -3.19. The van der Waals surface area contributed by atoms with E-state index in [-0.39, 0.29) is 18.7 Å². The number of pyridine rings is 1. The van der Waals surface area contributed by atoms with Crippen LogP contribution in [0.15, 0.2) is 58.8 Å². The first-order valence-electron chi connectivity index (χ1n) is 8.80. The molecule has 0 aliphatic carbocycles. The fraction of sp³-hybridized carbons (Fsp3) is 0.190. The molecule has 3 aromatic rings. The number of amides is 1. The van der Waals surface area contributed by atoms with Crippen molar-refractivity contribution < 1.29 is 14.3 Å². The second-order valence-corrected chi connectivity index (χ2v) is 7.04. The van der Waals surface area contributed by atoms with Crippen LogP contribution in [0.4, 0.5) is 5.00 Å². The van der Waals surface area contributed by atoms with Crippen LogP contribution in [0.2, 0.25) is 0 Å². The first kappa shape index (κ1) is 19.6. The van der Waals surface area contributed by atoms with Gasteiger partial charge in [0.2, 0.25) is 5.91 Å². The number of ether oxygens (including phenoxy) is 1. The molecule has 1 N–H and O–H groups in total. The van der Waals surface area contributed by atoms with Gasteiger partial charge in [0.25, 0.3) is 5.56 Å². The molecule has 0 bridgehead atoms. The van der Waals surface area contributed by atoms with Gasteiger partial charge in [-0.15, -0.1) is 11.3 Å². The zero-order chi connectivity index (χ0) is 20.1. The third kappa shape index (κ3) is 4.37. The van der Waals surface area contributed by atoms with Crippen molar-refractivity contribution in [3.05, 3.63) is 75.5 Å². The van der Waals surface area contributed by atoms with Gasteiger partial charge >= 0.3 is 5.97 Å². The van der Waals surface area contributed by atoms with Crippen molar-refractivity contribution >= 4 is 28.2 Å². The number of nitrogens with zero attached hydrogens (tertiary/aromatic N) is 1. The summed E-state index contributed by atoms with van der Waals surface area (Å²) in [5.41, 5.74) is 2.46. The minimum absolute atomic E-state index is 0.139. The molecule has 0 aliphatic heterocycles. The van der Waals surface area contributed by atoms with E-state index in [0.29, 0.717) is 16.1 Å². The molecule has 0 atom stereocenters. The molecule has 3 rings (SSSR count). The van der Waals surface area contributed by atoms with Crippen LogP contribution < -0.4 is 10.9 Å². The average molecular weight is 396 g/mol. The number of thiophene rings is 1. The van der Waals surface area contributed by atoms with Crippen LogP contribution >= 0.6 is 11.3 Å². The Morgan fingerprint density at radius 1 is 1.18 bits per heavy atom. The van der Waals surface area contributed by atoms with Gasteiger partial charge < -0.3 is 14.6 Å². The van der Waals surface area contributed by atoms with Gasteiger partial charge in [-0.1, -0.05) is 30.3 Å². The standard InChI is InChI=1S/C21H20N2O4S/c1-3-27-21(26)19-16(15-7-5-4-6-8-15)13-28-20(19)22-17(24)12-23-10-9-14(2)11-18(23)25/h4-11,13H,3,12H2,1-2H3,(H,22,24). The lowest BCUT2D eigenvalue weighted by atomic mass is 10.0. The highest BCUT2D eigenvalue weighted by molar-refractivity contribution is 7.15. The minimum Gasteiger partial charge on any atom is -0.462 e. The maximum atomic E-state index is 12.5. The summed E-state index contributed by atoms with van der Waals surface area (Å²) < 4.78 is 6.50. The molecule has 7 heteroatoms. The first-order chi connectivity index (χ1) is 13.5. The number of hydrogen-bond acceptors (Lipinski definition) is 5. The molecule has 2 heterocycles. The van der Waals surface area contributed by atoms with Crippen LogP contribution in [0.3, 0.4) is 0 Å². The molecule has 28 heavy (non-hydrogen) atoms. The van der Waals surface area contributed by atoms with E-state index >= 15 is 0 Å². The molecule has 0 saturated carbocycles. The lowest BCUT2D eigenvalue weighted by molar-refractivity contribution is -0.116.